The van der Waals surface area contributed by atoms with Gasteiger partial charge >= 0.3 is 6.18 Å². The Morgan fingerprint density at radius 3 is 2.30 bits per heavy atom. The zero-order valence-corrected chi connectivity index (χ0v) is 12.8. The van der Waals surface area contributed by atoms with Crippen LogP contribution in [0.2, 0.25) is 0 Å². The quantitative estimate of drug-likeness (QED) is 0.846. The molecule has 4 nitrogen and oxygen atoms in total. The van der Waals surface area contributed by atoms with E-state index in [1.165, 1.54) is 0 Å². The third-order valence-corrected chi connectivity index (χ3v) is 5.19. The van der Waals surface area contributed by atoms with Crippen LogP contribution in [0.1, 0.15) is 16.5 Å². The van der Waals surface area contributed by atoms with E-state index >= 15 is 0 Å². The summed E-state index contributed by atoms with van der Waals surface area (Å²) in [5.74, 6) is -0.742. The molecule has 0 aliphatic rings. The fraction of sp³-hybridized carbons (Fsp3) is 0.154. The summed E-state index contributed by atoms with van der Waals surface area (Å²) >= 11 is 0.798. The minimum Gasteiger partial charge on any atom is -0.207 e. The van der Waals surface area contributed by atoms with Gasteiger partial charge in [-0.05, 0) is 23.8 Å². The Morgan fingerprint density at radius 1 is 1.22 bits per heavy atom. The molecule has 1 atom stereocenters. The minimum absolute atomic E-state index is 0.0516. The molecule has 1 aromatic carbocycles. The monoisotopic (exact) mass is 364 g/mol. The highest BCUT2D eigenvalue weighted by atomic mass is 32.2. The topological polar surface area (TPSA) is 70.0 Å². The molecule has 1 aromatic heterocycles. The molecule has 0 spiro atoms. The molecule has 1 unspecified atom stereocenters. The Kier molecular flexibility index (Phi) is 4.74. The number of alkyl halides is 3. The van der Waals surface area contributed by atoms with E-state index in [2.05, 4.69) is 0 Å². The van der Waals surface area contributed by atoms with E-state index in [4.69, 9.17) is 5.26 Å². The lowest BCUT2D eigenvalue weighted by atomic mass is 10.1. The van der Waals surface area contributed by atoms with Crippen molar-refractivity contribution >= 4 is 21.4 Å². The van der Waals surface area contributed by atoms with E-state index in [-0.39, 0.29) is 4.88 Å². The van der Waals surface area contributed by atoms with Crippen LogP contribution < -0.4 is 4.72 Å². The number of thiophene rings is 1. The van der Waals surface area contributed by atoms with E-state index < -0.39 is 38.5 Å². The molecule has 2 aromatic rings. The Labute approximate surface area is 133 Å². The highest BCUT2D eigenvalue weighted by Crippen LogP contribution is 2.34. The maximum absolute atomic E-state index is 13.2. The summed E-state index contributed by atoms with van der Waals surface area (Å²) in [5, 5.41) is 9.73. The molecule has 10 heteroatoms. The fourth-order valence-corrected chi connectivity index (χ4v) is 3.99. The van der Waals surface area contributed by atoms with Gasteiger partial charge in [0.1, 0.15) is 22.8 Å². The molecule has 1 N–H and O–H groups in total. The molecular weight excluding hydrogens is 356 g/mol. The summed E-state index contributed by atoms with van der Waals surface area (Å²) in [6.45, 7) is 0. The van der Waals surface area contributed by atoms with Crippen molar-refractivity contribution in [1.82, 2.24) is 4.72 Å². The van der Waals surface area contributed by atoms with E-state index in [9.17, 15) is 26.0 Å². The second kappa shape index (κ2) is 6.27. The van der Waals surface area contributed by atoms with Crippen molar-refractivity contribution in [1.29, 1.82) is 5.26 Å². The standard InChI is InChI=1S/C13H8F4N2O2S2/c14-9-3-1-8(2-4-9)12(13(15,16)17)19-23(20,21)11-5-10(6-18)22-7-11/h1-5,7,12,19H. The van der Waals surface area contributed by atoms with Crippen LogP contribution in [0.15, 0.2) is 40.6 Å². The van der Waals surface area contributed by atoms with Crippen LogP contribution in [0.5, 0.6) is 0 Å². The van der Waals surface area contributed by atoms with E-state index in [1.54, 1.807) is 10.8 Å². The average molecular weight is 364 g/mol. The predicted octanol–water partition coefficient (Wildman–Crippen LogP) is 3.34. The summed E-state index contributed by atoms with van der Waals surface area (Å²) in [6, 6.07) is 3.47. The molecule has 0 fully saturated rings. The highest BCUT2D eigenvalue weighted by molar-refractivity contribution is 7.89. The summed E-state index contributed by atoms with van der Waals surface area (Å²) in [5.41, 5.74) is -0.446. The number of nitrogens with one attached hydrogen (secondary N) is 1. The zero-order valence-electron chi connectivity index (χ0n) is 11.1. The van der Waals surface area contributed by atoms with E-state index in [0.717, 1.165) is 47.0 Å². The lowest BCUT2D eigenvalue weighted by Crippen LogP contribution is -2.38. The van der Waals surface area contributed by atoms with Gasteiger partial charge in [0, 0.05) is 5.38 Å². The molecule has 2 rings (SSSR count). The molecular formula is C13H8F4N2O2S2. The van der Waals surface area contributed by atoms with Crippen molar-refractivity contribution in [3.05, 3.63) is 52.0 Å². The fourth-order valence-electron chi connectivity index (χ4n) is 1.72. The van der Waals surface area contributed by atoms with Crippen LogP contribution >= 0.6 is 11.3 Å². The van der Waals surface area contributed by atoms with E-state index in [1.807, 2.05) is 0 Å². The van der Waals surface area contributed by atoms with Crippen molar-refractivity contribution in [2.24, 2.45) is 0 Å². The average Bonchev–Trinajstić information content (AvgIpc) is 2.95. The van der Waals surface area contributed by atoms with Gasteiger partial charge in [-0.2, -0.15) is 23.2 Å². The molecule has 0 bridgehead atoms. The molecule has 0 aliphatic heterocycles. The number of nitriles is 1. The Balaban J connectivity index is 2.38. The lowest BCUT2D eigenvalue weighted by molar-refractivity contribution is -0.153. The first-order chi connectivity index (χ1) is 10.6. The SMILES string of the molecule is N#Cc1cc(S(=O)(=O)NC(c2ccc(F)cc2)C(F)(F)F)cs1. The molecule has 23 heavy (non-hydrogen) atoms. The van der Waals surface area contributed by atoms with Gasteiger partial charge in [-0.25, -0.2) is 12.8 Å². The van der Waals surface area contributed by atoms with Gasteiger partial charge in [-0.3, -0.25) is 0 Å². The van der Waals surface area contributed by atoms with Gasteiger partial charge in [0.2, 0.25) is 10.0 Å². The van der Waals surface area contributed by atoms with Crippen LogP contribution in [0.25, 0.3) is 0 Å². The van der Waals surface area contributed by atoms with Gasteiger partial charge in [-0.1, -0.05) is 12.1 Å². The minimum atomic E-state index is -4.92. The maximum Gasteiger partial charge on any atom is 0.408 e. The first-order valence-corrected chi connectivity index (χ1v) is 8.33. The number of sulfonamides is 1. The van der Waals surface area contributed by atoms with Crippen molar-refractivity contribution in [3.63, 3.8) is 0 Å². The number of benzene rings is 1. The van der Waals surface area contributed by atoms with Crippen LogP contribution in [0.3, 0.4) is 0 Å². The smallest absolute Gasteiger partial charge is 0.207 e. The first kappa shape index (κ1) is 17.4. The lowest BCUT2D eigenvalue weighted by Gasteiger charge is -2.21. The summed E-state index contributed by atoms with van der Waals surface area (Å²) < 4.78 is 78.0. The molecule has 122 valence electrons. The Hall–Kier alpha value is -1.96. The normalized spacial score (nSPS) is 13.5. The van der Waals surface area contributed by atoms with Crippen molar-refractivity contribution in [2.75, 3.05) is 0 Å². The third kappa shape index (κ3) is 4.07. The molecule has 0 saturated heterocycles. The molecule has 0 radical (unpaired) electrons. The van der Waals surface area contributed by atoms with Gasteiger partial charge in [0.05, 0.1) is 4.90 Å². The van der Waals surface area contributed by atoms with Crippen LogP contribution in [-0.4, -0.2) is 14.6 Å². The van der Waals surface area contributed by atoms with Gasteiger partial charge < -0.3 is 0 Å². The second-order valence-electron chi connectivity index (χ2n) is 4.41. The second-order valence-corrected chi connectivity index (χ2v) is 7.03. The van der Waals surface area contributed by atoms with Gasteiger partial charge in [0.15, 0.2) is 0 Å². The molecule has 0 aliphatic carbocycles. The van der Waals surface area contributed by atoms with Crippen molar-refractivity contribution in [3.8, 4) is 6.07 Å². The highest BCUT2D eigenvalue weighted by Gasteiger charge is 2.43. The van der Waals surface area contributed by atoms with Crippen molar-refractivity contribution < 1.29 is 26.0 Å². The summed E-state index contributed by atoms with van der Waals surface area (Å²) in [4.78, 5) is -0.383. The van der Waals surface area contributed by atoms with E-state index in [0.29, 0.717) is 0 Å². The largest absolute Gasteiger partial charge is 0.408 e. The zero-order chi connectivity index (χ0) is 17.3. The van der Waals surface area contributed by atoms with Gasteiger partial charge in [0.25, 0.3) is 0 Å². The van der Waals surface area contributed by atoms with Gasteiger partial charge in [-0.15, -0.1) is 11.3 Å². The molecule has 1 heterocycles. The van der Waals surface area contributed by atoms with Crippen LogP contribution in [0, 0.1) is 17.1 Å². The Morgan fingerprint density at radius 2 is 1.83 bits per heavy atom. The number of rotatable bonds is 4. The maximum atomic E-state index is 13.2. The predicted molar refractivity (Wildman–Crippen MR) is 74.6 cm³/mol. The van der Waals surface area contributed by atoms with Crippen LogP contribution in [0.4, 0.5) is 17.6 Å². The molecule has 0 amide bonds. The van der Waals surface area contributed by atoms with Crippen molar-refractivity contribution in [2.45, 2.75) is 17.1 Å². The summed E-state index contributed by atoms with van der Waals surface area (Å²) in [6.07, 6.45) is -4.92. The molecule has 0 saturated carbocycles. The van der Waals surface area contributed by atoms with Crippen LogP contribution in [-0.2, 0) is 10.0 Å². The number of hydrogen-bond donors (Lipinski definition) is 1. The Bertz CT molecular complexity index is 836. The third-order valence-electron chi connectivity index (χ3n) is 2.80. The number of halogens is 4. The first-order valence-electron chi connectivity index (χ1n) is 5.96. The number of hydrogen-bond acceptors (Lipinski definition) is 4. The number of nitrogens with zero attached hydrogens (tertiary/aromatic N) is 1. The summed E-state index contributed by atoms with van der Waals surface area (Å²) in [7, 11) is -4.49.